The fourth-order valence-corrected chi connectivity index (χ4v) is 2.80. The minimum atomic E-state index is 0.777. The zero-order chi connectivity index (χ0) is 18.4. The van der Waals surface area contributed by atoms with Crippen LogP contribution >= 0.6 is 0 Å². The Bertz CT molecular complexity index is 296. The fourth-order valence-electron chi connectivity index (χ4n) is 2.80. The van der Waals surface area contributed by atoms with E-state index in [1.807, 2.05) is 0 Å². The van der Waals surface area contributed by atoms with E-state index in [2.05, 4.69) is 50.2 Å². The van der Waals surface area contributed by atoms with E-state index in [0.717, 1.165) is 26.2 Å². The summed E-state index contributed by atoms with van der Waals surface area (Å²) in [5.41, 5.74) is 0. The molecule has 0 rings (SSSR count). The number of ether oxygens (including phenoxy) is 1. The number of hydrogen-bond donors (Lipinski definition) is 0. The summed E-state index contributed by atoms with van der Waals surface area (Å²) in [5.74, 6) is 0. The molecule has 0 unspecified atom stereocenters. The standard InChI is InChI=1S/C23H45NO/c1-4-5-6-7-8-9-10-11-12-13-14-15-16-17-18-19-22-25-23-20-21-24(2)3/h8-9,18-19H,4-7,10-17,20-23H2,1-3H3/b9-8-,19-18?. The Morgan fingerprint density at radius 1 is 0.640 bits per heavy atom. The highest BCUT2D eigenvalue weighted by molar-refractivity contribution is 4.82. The van der Waals surface area contributed by atoms with Crippen LogP contribution in [0.1, 0.15) is 90.4 Å². The molecule has 0 saturated carbocycles. The van der Waals surface area contributed by atoms with Crippen LogP contribution in [-0.4, -0.2) is 38.8 Å². The Kier molecular flexibility index (Phi) is 20.9. The molecule has 0 N–H and O–H groups in total. The molecule has 0 aliphatic rings. The number of nitrogens with zero attached hydrogens (tertiary/aromatic N) is 1. The van der Waals surface area contributed by atoms with Crippen molar-refractivity contribution in [1.82, 2.24) is 4.90 Å². The molecule has 2 nitrogen and oxygen atoms in total. The van der Waals surface area contributed by atoms with Gasteiger partial charge in [-0.05, 0) is 65.6 Å². The molecule has 0 bridgehead atoms. The summed E-state index contributed by atoms with van der Waals surface area (Å²) >= 11 is 0. The topological polar surface area (TPSA) is 12.5 Å². The molecule has 0 aromatic rings. The molecule has 0 aromatic heterocycles. The van der Waals surface area contributed by atoms with Crippen LogP contribution in [0.4, 0.5) is 0 Å². The molecule has 0 saturated heterocycles. The largest absolute Gasteiger partial charge is 0.377 e. The van der Waals surface area contributed by atoms with Crippen LogP contribution in [0.15, 0.2) is 24.3 Å². The summed E-state index contributed by atoms with van der Waals surface area (Å²) in [6.07, 6.45) is 26.5. The van der Waals surface area contributed by atoms with Gasteiger partial charge in [-0.1, -0.05) is 69.8 Å². The summed E-state index contributed by atoms with van der Waals surface area (Å²) in [7, 11) is 4.21. The van der Waals surface area contributed by atoms with Crippen molar-refractivity contribution in [2.45, 2.75) is 90.4 Å². The van der Waals surface area contributed by atoms with E-state index in [-0.39, 0.29) is 0 Å². The van der Waals surface area contributed by atoms with E-state index in [9.17, 15) is 0 Å². The molecule has 0 heterocycles. The molecule has 0 aromatic carbocycles. The Labute approximate surface area is 158 Å². The van der Waals surface area contributed by atoms with Gasteiger partial charge in [0.15, 0.2) is 0 Å². The zero-order valence-corrected chi connectivity index (χ0v) is 17.5. The quantitative estimate of drug-likeness (QED) is 0.188. The van der Waals surface area contributed by atoms with Crippen molar-refractivity contribution in [3.63, 3.8) is 0 Å². The highest BCUT2D eigenvalue weighted by atomic mass is 16.5. The average molecular weight is 352 g/mol. The van der Waals surface area contributed by atoms with Gasteiger partial charge < -0.3 is 9.64 Å². The molecule has 0 aliphatic carbocycles. The Morgan fingerprint density at radius 2 is 1.16 bits per heavy atom. The van der Waals surface area contributed by atoms with Crippen LogP contribution in [0.5, 0.6) is 0 Å². The van der Waals surface area contributed by atoms with Crippen molar-refractivity contribution >= 4 is 0 Å². The third-order valence-electron chi connectivity index (χ3n) is 4.41. The maximum Gasteiger partial charge on any atom is 0.0647 e. The van der Waals surface area contributed by atoms with E-state index in [4.69, 9.17) is 4.74 Å². The van der Waals surface area contributed by atoms with E-state index in [0.29, 0.717) is 0 Å². The van der Waals surface area contributed by atoms with Gasteiger partial charge in [0.1, 0.15) is 0 Å². The maximum absolute atomic E-state index is 5.58. The molecular formula is C23H45NO. The molecule has 0 radical (unpaired) electrons. The molecule has 25 heavy (non-hydrogen) atoms. The molecule has 0 amide bonds. The van der Waals surface area contributed by atoms with Gasteiger partial charge in [-0.2, -0.15) is 0 Å². The zero-order valence-electron chi connectivity index (χ0n) is 17.5. The first-order valence-electron chi connectivity index (χ1n) is 10.8. The summed E-state index contributed by atoms with van der Waals surface area (Å²) in [4.78, 5) is 2.20. The summed E-state index contributed by atoms with van der Waals surface area (Å²) in [6.45, 7) is 5.03. The predicted molar refractivity (Wildman–Crippen MR) is 113 cm³/mol. The first-order valence-corrected chi connectivity index (χ1v) is 10.8. The predicted octanol–water partition coefficient (Wildman–Crippen LogP) is 6.77. The first-order chi connectivity index (χ1) is 12.3. The van der Waals surface area contributed by atoms with Crippen molar-refractivity contribution in [2.24, 2.45) is 0 Å². The van der Waals surface area contributed by atoms with Crippen LogP contribution in [0.25, 0.3) is 0 Å². The van der Waals surface area contributed by atoms with Crippen LogP contribution in [0, 0.1) is 0 Å². The maximum atomic E-state index is 5.58. The molecule has 0 fully saturated rings. The number of hydrogen-bond acceptors (Lipinski definition) is 2. The SMILES string of the molecule is CCCCC/C=C\CCCCCCCCC=CCOCCCN(C)C. The fraction of sp³-hybridized carbons (Fsp3) is 0.826. The second kappa shape index (κ2) is 21.4. The lowest BCUT2D eigenvalue weighted by atomic mass is 10.1. The molecule has 0 atom stereocenters. The third-order valence-corrected chi connectivity index (χ3v) is 4.41. The lowest BCUT2D eigenvalue weighted by Crippen LogP contribution is -2.14. The monoisotopic (exact) mass is 351 g/mol. The van der Waals surface area contributed by atoms with Crippen LogP contribution < -0.4 is 0 Å². The number of allylic oxidation sites excluding steroid dienone is 3. The van der Waals surface area contributed by atoms with Crippen molar-refractivity contribution in [2.75, 3.05) is 33.9 Å². The van der Waals surface area contributed by atoms with Crippen molar-refractivity contribution in [3.05, 3.63) is 24.3 Å². The normalized spacial score (nSPS) is 12.2. The molecule has 0 spiro atoms. The van der Waals surface area contributed by atoms with Gasteiger partial charge in [0.2, 0.25) is 0 Å². The van der Waals surface area contributed by atoms with Gasteiger partial charge >= 0.3 is 0 Å². The second-order valence-corrected chi connectivity index (χ2v) is 7.37. The van der Waals surface area contributed by atoms with Gasteiger partial charge in [-0.3, -0.25) is 0 Å². The van der Waals surface area contributed by atoms with Gasteiger partial charge in [0, 0.05) is 6.61 Å². The minimum Gasteiger partial charge on any atom is -0.377 e. The Hall–Kier alpha value is -0.600. The van der Waals surface area contributed by atoms with Gasteiger partial charge in [0.05, 0.1) is 6.61 Å². The highest BCUT2D eigenvalue weighted by Gasteiger charge is 1.91. The van der Waals surface area contributed by atoms with Crippen molar-refractivity contribution < 1.29 is 4.74 Å². The van der Waals surface area contributed by atoms with Crippen LogP contribution in [0.2, 0.25) is 0 Å². The summed E-state index contributed by atoms with van der Waals surface area (Å²) < 4.78 is 5.58. The third kappa shape index (κ3) is 23.4. The minimum absolute atomic E-state index is 0.777. The van der Waals surface area contributed by atoms with Crippen LogP contribution in [-0.2, 0) is 4.74 Å². The second-order valence-electron chi connectivity index (χ2n) is 7.37. The van der Waals surface area contributed by atoms with Crippen molar-refractivity contribution in [1.29, 1.82) is 0 Å². The molecular weight excluding hydrogens is 306 g/mol. The van der Waals surface area contributed by atoms with E-state index < -0.39 is 0 Å². The number of unbranched alkanes of at least 4 members (excludes halogenated alkanes) is 10. The van der Waals surface area contributed by atoms with E-state index in [1.54, 1.807) is 0 Å². The lowest BCUT2D eigenvalue weighted by Gasteiger charge is -2.08. The summed E-state index contributed by atoms with van der Waals surface area (Å²) in [6, 6.07) is 0. The van der Waals surface area contributed by atoms with E-state index >= 15 is 0 Å². The average Bonchev–Trinajstić information content (AvgIpc) is 2.60. The van der Waals surface area contributed by atoms with Gasteiger partial charge in [0.25, 0.3) is 0 Å². The van der Waals surface area contributed by atoms with E-state index in [1.165, 1.54) is 77.0 Å². The van der Waals surface area contributed by atoms with Crippen molar-refractivity contribution in [3.8, 4) is 0 Å². The smallest absolute Gasteiger partial charge is 0.0647 e. The highest BCUT2D eigenvalue weighted by Crippen LogP contribution is 2.09. The molecule has 0 aliphatic heterocycles. The number of rotatable bonds is 19. The Balaban J connectivity index is 3.12. The summed E-state index contributed by atoms with van der Waals surface area (Å²) in [5, 5.41) is 0. The lowest BCUT2D eigenvalue weighted by molar-refractivity contribution is 0.151. The molecule has 2 heteroatoms. The van der Waals surface area contributed by atoms with Gasteiger partial charge in [-0.25, -0.2) is 0 Å². The van der Waals surface area contributed by atoms with Gasteiger partial charge in [-0.15, -0.1) is 0 Å². The first kappa shape index (κ1) is 24.4. The van der Waals surface area contributed by atoms with Crippen LogP contribution in [0.3, 0.4) is 0 Å². The Morgan fingerprint density at radius 3 is 1.72 bits per heavy atom. The molecule has 148 valence electrons.